The van der Waals surface area contributed by atoms with Gasteiger partial charge in [0.1, 0.15) is 5.82 Å². The zero-order chi connectivity index (χ0) is 16.0. The summed E-state index contributed by atoms with van der Waals surface area (Å²) in [5.74, 6) is -1.30. The predicted octanol–water partition coefficient (Wildman–Crippen LogP) is 3.50. The molecule has 0 saturated heterocycles. The van der Waals surface area contributed by atoms with Gasteiger partial charge in [-0.25, -0.2) is 4.39 Å². The molecule has 0 saturated carbocycles. The monoisotopic (exact) mass is 309 g/mol. The van der Waals surface area contributed by atoms with Gasteiger partial charge in [-0.2, -0.15) is 13.2 Å². The predicted molar refractivity (Wildman–Crippen MR) is 70.2 cm³/mol. The van der Waals surface area contributed by atoms with E-state index in [2.05, 4.69) is 5.32 Å². The molecule has 1 aromatic carbocycles. The number of ether oxygens (including phenoxy) is 2. The van der Waals surface area contributed by atoms with Crippen LogP contribution in [0, 0.1) is 5.82 Å². The van der Waals surface area contributed by atoms with Crippen LogP contribution >= 0.6 is 0 Å². The van der Waals surface area contributed by atoms with E-state index in [1.807, 2.05) is 6.92 Å². The Morgan fingerprint density at radius 2 is 1.81 bits per heavy atom. The Balaban J connectivity index is 3.18. The van der Waals surface area contributed by atoms with E-state index in [0.717, 1.165) is 18.6 Å². The lowest BCUT2D eigenvalue weighted by atomic mass is 10.0. The molecule has 0 fully saturated rings. The first-order valence-corrected chi connectivity index (χ1v) is 6.50. The molecular weight excluding hydrogens is 290 g/mol. The van der Waals surface area contributed by atoms with E-state index in [0.29, 0.717) is 6.54 Å². The largest absolute Gasteiger partial charge is 0.419 e. The van der Waals surface area contributed by atoms with E-state index in [1.165, 1.54) is 20.3 Å². The molecule has 0 amide bonds. The average molecular weight is 309 g/mol. The molecule has 0 aliphatic carbocycles. The maximum atomic E-state index is 13.3. The molecule has 0 aromatic heterocycles. The second-order valence-electron chi connectivity index (χ2n) is 4.51. The Bertz CT molecular complexity index is 447. The Morgan fingerprint density at radius 3 is 2.29 bits per heavy atom. The first-order chi connectivity index (χ1) is 9.85. The van der Waals surface area contributed by atoms with Crippen LogP contribution in [0.15, 0.2) is 18.2 Å². The fraction of sp³-hybridized carbons (Fsp3) is 0.571. The first-order valence-electron chi connectivity index (χ1n) is 6.50. The van der Waals surface area contributed by atoms with Gasteiger partial charge in [0.05, 0.1) is 11.6 Å². The minimum absolute atomic E-state index is 0.255. The topological polar surface area (TPSA) is 30.5 Å². The van der Waals surface area contributed by atoms with Gasteiger partial charge in [-0.3, -0.25) is 0 Å². The van der Waals surface area contributed by atoms with Gasteiger partial charge in [0.15, 0.2) is 6.29 Å². The zero-order valence-electron chi connectivity index (χ0n) is 12.1. The summed E-state index contributed by atoms with van der Waals surface area (Å²) < 4.78 is 61.9. The van der Waals surface area contributed by atoms with Crippen LogP contribution in [0.5, 0.6) is 0 Å². The highest BCUT2D eigenvalue weighted by atomic mass is 19.4. The number of rotatable bonds is 7. The third-order valence-electron chi connectivity index (χ3n) is 3.01. The number of hydrogen-bond donors (Lipinski definition) is 1. The van der Waals surface area contributed by atoms with Gasteiger partial charge in [0.2, 0.25) is 0 Å². The molecule has 0 aliphatic heterocycles. The van der Waals surface area contributed by atoms with Crippen molar-refractivity contribution in [2.24, 2.45) is 0 Å². The van der Waals surface area contributed by atoms with Crippen LogP contribution in [0.2, 0.25) is 0 Å². The number of halogens is 4. The molecule has 1 atom stereocenters. The highest BCUT2D eigenvalue weighted by Crippen LogP contribution is 2.33. The second kappa shape index (κ2) is 7.72. The fourth-order valence-electron chi connectivity index (χ4n) is 1.99. The van der Waals surface area contributed by atoms with Crippen molar-refractivity contribution in [2.45, 2.75) is 31.9 Å². The molecule has 0 heterocycles. The number of methoxy groups -OCH3 is 2. The summed E-state index contributed by atoms with van der Waals surface area (Å²) in [4.78, 5) is 0. The Morgan fingerprint density at radius 1 is 1.19 bits per heavy atom. The third kappa shape index (κ3) is 4.66. The minimum Gasteiger partial charge on any atom is -0.354 e. The first kappa shape index (κ1) is 17.9. The maximum absolute atomic E-state index is 13.3. The molecular formula is C14H19F4NO2. The van der Waals surface area contributed by atoms with Crippen molar-refractivity contribution in [3.63, 3.8) is 0 Å². The molecule has 0 bridgehead atoms. The van der Waals surface area contributed by atoms with Crippen LogP contribution < -0.4 is 5.32 Å². The molecule has 21 heavy (non-hydrogen) atoms. The van der Waals surface area contributed by atoms with E-state index in [1.54, 1.807) is 0 Å². The van der Waals surface area contributed by atoms with Crippen molar-refractivity contribution in [1.29, 1.82) is 0 Å². The van der Waals surface area contributed by atoms with E-state index < -0.39 is 29.9 Å². The number of benzene rings is 1. The van der Waals surface area contributed by atoms with Gasteiger partial charge >= 0.3 is 6.18 Å². The van der Waals surface area contributed by atoms with E-state index in [9.17, 15) is 17.6 Å². The Kier molecular flexibility index (Phi) is 6.57. The van der Waals surface area contributed by atoms with Gasteiger partial charge < -0.3 is 14.8 Å². The molecule has 0 radical (unpaired) electrons. The number of hydrogen-bond acceptors (Lipinski definition) is 3. The molecule has 3 nitrogen and oxygen atoms in total. The highest BCUT2D eigenvalue weighted by molar-refractivity contribution is 5.30. The van der Waals surface area contributed by atoms with Crippen LogP contribution in [0.25, 0.3) is 0 Å². The standard InChI is InChI=1S/C14H19F4NO2/c1-4-7-19-12(13(20-2)21-3)9-5-6-11(15)10(8-9)14(16,17)18/h5-6,8,12-13,19H,4,7H2,1-3H3. The summed E-state index contributed by atoms with van der Waals surface area (Å²) in [6.07, 6.45) is -4.74. The summed E-state index contributed by atoms with van der Waals surface area (Å²) in [6.45, 7) is 2.48. The van der Waals surface area contributed by atoms with E-state index in [4.69, 9.17) is 9.47 Å². The van der Waals surface area contributed by atoms with E-state index >= 15 is 0 Å². The van der Waals surface area contributed by atoms with Crippen LogP contribution in [-0.2, 0) is 15.7 Å². The highest BCUT2D eigenvalue weighted by Gasteiger charge is 2.35. The summed E-state index contributed by atoms with van der Waals surface area (Å²) in [5.41, 5.74) is -1.04. The minimum atomic E-state index is -4.75. The number of nitrogens with one attached hydrogen (secondary N) is 1. The van der Waals surface area contributed by atoms with Gasteiger partial charge in [0.25, 0.3) is 0 Å². The molecule has 1 N–H and O–H groups in total. The van der Waals surface area contributed by atoms with Crippen LogP contribution in [-0.4, -0.2) is 27.1 Å². The van der Waals surface area contributed by atoms with Crippen molar-refractivity contribution in [3.05, 3.63) is 35.1 Å². The lowest BCUT2D eigenvalue weighted by Crippen LogP contribution is -2.35. The lowest BCUT2D eigenvalue weighted by molar-refractivity contribution is -0.140. The van der Waals surface area contributed by atoms with Crippen LogP contribution in [0.4, 0.5) is 17.6 Å². The lowest BCUT2D eigenvalue weighted by Gasteiger charge is -2.26. The van der Waals surface area contributed by atoms with Crippen molar-refractivity contribution in [2.75, 3.05) is 20.8 Å². The Labute approximate surface area is 121 Å². The summed E-state index contributed by atoms with van der Waals surface area (Å²) >= 11 is 0. The number of alkyl halides is 3. The molecule has 0 spiro atoms. The van der Waals surface area contributed by atoms with Crippen molar-refractivity contribution >= 4 is 0 Å². The van der Waals surface area contributed by atoms with Crippen molar-refractivity contribution < 1.29 is 27.0 Å². The Hall–Kier alpha value is -1.18. The molecule has 1 unspecified atom stereocenters. The van der Waals surface area contributed by atoms with Crippen LogP contribution in [0.3, 0.4) is 0 Å². The molecule has 1 rings (SSSR count). The SMILES string of the molecule is CCCNC(c1ccc(F)c(C(F)(F)F)c1)C(OC)OC. The van der Waals surface area contributed by atoms with E-state index in [-0.39, 0.29) is 5.56 Å². The maximum Gasteiger partial charge on any atom is 0.419 e. The second-order valence-corrected chi connectivity index (χ2v) is 4.51. The molecule has 0 aliphatic rings. The van der Waals surface area contributed by atoms with Gasteiger partial charge in [-0.1, -0.05) is 13.0 Å². The molecule has 7 heteroatoms. The smallest absolute Gasteiger partial charge is 0.354 e. The van der Waals surface area contributed by atoms with Crippen molar-refractivity contribution in [3.8, 4) is 0 Å². The third-order valence-corrected chi connectivity index (χ3v) is 3.01. The van der Waals surface area contributed by atoms with Gasteiger partial charge in [-0.15, -0.1) is 0 Å². The zero-order valence-corrected chi connectivity index (χ0v) is 12.1. The van der Waals surface area contributed by atoms with Gasteiger partial charge in [0, 0.05) is 14.2 Å². The molecule has 120 valence electrons. The summed E-state index contributed by atoms with van der Waals surface area (Å²) in [7, 11) is 2.78. The van der Waals surface area contributed by atoms with Crippen molar-refractivity contribution in [1.82, 2.24) is 5.32 Å². The quantitative estimate of drug-likeness (QED) is 0.617. The van der Waals surface area contributed by atoms with Gasteiger partial charge in [-0.05, 0) is 30.7 Å². The summed E-state index contributed by atoms with van der Waals surface area (Å²) in [5, 5.41) is 3.05. The fourth-order valence-corrected chi connectivity index (χ4v) is 1.99. The summed E-state index contributed by atoms with van der Waals surface area (Å²) in [6, 6.07) is 2.26. The van der Waals surface area contributed by atoms with Crippen LogP contribution in [0.1, 0.15) is 30.5 Å². The molecule has 1 aromatic rings. The normalized spacial score (nSPS) is 13.7. The average Bonchev–Trinajstić information content (AvgIpc) is 2.43.